The van der Waals surface area contributed by atoms with Crippen LogP contribution >= 0.6 is 22.9 Å². The van der Waals surface area contributed by atoms with Crippen molar-refractivity contribution < 1.29 is 0 Å². The lowest BCUT2D eigenvalue weighted by Gasteiger charge is -2.13. The Hall–Kier alpha value is -0.0500. The number of hydrogen-bond acceptors (Lipinski definition) is 2. The first kappa shape index (κ1) is 15.0. The Morgan fingerprint density at radius 3 is 2.53 bits per heavy atom. The normalized spacial score (nSPS) is 13.3. The molecule has 3 heteroatoms. The van der Waals surface area contributed by atoms with Crippen LogP contribution in [-0.2, 0) is 6.42 Å². The fraction of sp³-hybridized carbons (Fsp3) is 0.714. The molecule has 0 bridgehead atoms. The average Bonchev–Trinajstić information content (AvgIpc) is 2.55. The molecule has 1 heterocycles. The number of halogens is 1. The van der Waals surface area contributed by atoms with Crippen molar-refractivity contribution in [2.75, 3.05) is 6.54 Å². The minimum absolute atomic E-state index is 0.598. The summed E-state index contributed by atoms with van der Waals surface area (Å²) in [5.41, 5.74) is 1.22. The Morgan fingerprint density at radius 2 is 2.00 bits per heavy atom. The van der Waals surface area contributed by atoms with Crippen LogP contribution < -0.4 is 5.32 Å². The van der Waals surface area contributed by atoms with Crippen molar-refractivity contribution in [2.24, 2.45) is 5.92 Å². The van der Waals surface area contributed by atoms with Gasteiger partial charge < -0.3 is 5.32 Å². The van der Waals surface area contributed by atoms with Crippen LogP contribution in [0.15, 0.2) is 6.07 Å². The van der Waals surface area contributed by atoms with Gasteiger partial charge in [0.25, 0.3) is 0 Å². The largest absolute Gasteiger partial charge is 0.315 e. The first-order valence-electron chi connectivity index (χ1n) is 6.47. The number of nitrogens with one attached hydrogen (secondary N) is 1. The Morgan fingerprint density at radius 1 is 1.29 bits per heavy atom. The number of hydrogen-bond donors (Lipinski definition) is 1. The first-order chi connectivity index (χ1) is 7.99. The van der Waals surface area contributed by atoms with E-state index in [1.54, 1.807) is 11.3 Å². The molecule has 1 N–H and O–H groups in total. The molecule has 0 fully saturated rings. The van der Waals surface area contributed by atoms with Crippen LogP contribution in [0.2, 0.25) is 4.34 Å². The number of thiophene rings is 1. The highest BCUT2D eigenvalue weighted by atomic mass is 35.5. The lowest BCUT2D eigenvalue weighted by Crippen LogP contribution is -2.24. The fourth-order valence-corrected chi connectivity index (χ4v) is 3.06. The number of aryl methyl sites for hydroxylation is 2. The van der Waals surface area contributed by atoms with E-state index in [-0.39, 0.29) is 0 Å². The second-order valence-corrected chi connectivity index (χ2v) is 6.95. The highest BCUT2D eigenvalue weighted by Crippen LogP contribution is 2.28. The molecule has 0 aromatic carbocycles. The smallest absolute Gasteiger partial charge is 0.0960 e. The summed E-state index contributed by atoms with van der Waals surface area (Å²) in [5.74, 6) is 0.780. The van der Waals surface area contributed by atoms with Crippen molar-refractivity contribution in [3.63, 3.8) is 0 Å². The highest BCUT2D eigenvalue weighted by Gasteiger charge is 2.06. The quantitative estimate of drug-likeness (QED) is 0.761. The summed E-state index contributed by atoms with van der Waals surface area (Å²) in [7, 11) is 0. The van der Waals surface area contributed by atoms with Crippen LogP contribution in [0.4, 0.5) is 0 Å². The van der Waals surface area contributed by atoms with E-state index in [4.69, 9.17) is 11.6 Å². The molecule has 0 saturated heterocycles. The summed E-state index contributed by atoms with van der Waals surface area (Å²) in [6.45, 7) is 9.94. The molecular weight excluding hydrogens is 250 g/mol. The third-order valence-electron chi connectivity index (χ3n) is 2.98. The minimum atomic E-state index is 0.598. The maximum absolute atomic E-state index is 6.07. The topological polar surface area (TPSA) is 12.0 Å². The van der Waals surface area contributed by atoms with Crippen LogP contribution in [0.25, 0.3) is 0 Å². The van der Waals surface area contributed by atoms with Crippen molar-refractivity contribution in [2.45, 2.75) is 53.0 Å². The highest BCUT2D eigenvalue weighted by molar-refractivity contribution is 7.16. The van der Waals surface area contributed by atoms with E-state index in [1.807, 2.05) is 0 Å². The molecule has 0 amide bonds. The molecule has 98 valence electrons. The molecule has 0 aliphatic heterocycles. The van der Waals surface area contributed by atoms with E-state index in [0.717, 1.165) is 16.8 Å². The molecule has 0 radical (unpaired) electrons. The maximum atomic E-state index is 6.07. The lowest BCUT2D eigenvalue weighted by atomic mass is 10.0. The molecule has 0 aliphatic rings. The van der Waals surface area contributed by atoms with Gasteiger partial charge in [-0.05, 0) is 50.3 Å². The molecule has 0 saturated carbocycles. The first-order valence-corrected chi connectivity index (χ1v) is 7.66. The molecule has 1 rings (SSSR count). The SMILES string of the molecule is Cc1cc(CCC(C)CCNC(C)C)sc1Cl. The summed E-state index contributed by atoms with van der Waals surface area (Å²) in [6.07, 6.45) is 3.69. The van der Waals surface area contributed by atoms with E-state index >= 15 is 0 Å². The second kappa shape index (κ2) is 7.40. The standard InChI is InChI=1S/C14H24ClNS/c1-10(2)16-8-7-11(3)5-6-13-9-12(4)14(15)17-13/h9-11,16H,5-8H2,1-4H3. The van der Waals surface area contributed by atoms with Crippen molar-refractivity contribution in [1.29, 1.82) is 0 Å². The summed E-state index contributed by atoms with van der Waals surface area (Å²) >= 11 is 7.81. The number of rotatable bonds is 7. The molecule has 1 aromatic rings. The Kier molecular flexibility index (Phi) is 6.53. The van der Waals surface area contributed by atoms with Crippen LogP contribution in [-0.4, -0.2) is 12.6 Å². The van der Waals surface area contributed by atoms with E-state index in [2.05, 4.69) is 39.1 Å². The van der Waals surface area contributed by atoms with Gasteiger partial charge in [-0.1, -0.05) is 32.4 Å². The molecule has 0 spiro atoms. The van der Waals surface area contributed by atoms with Crippen molar-refractivity contribution in [1.82, 2.24) is 5.32 Å². The van der Waals surface area contributed by atoms with Gasteiger partial charge in [0.05, 0.1) is 4.34 Å². The van der Waals surface area contributed by atoms with Crippen LogP contribution in [0.5, 0.6) is 0 Å². The maximum Gasteiger partial charge on any atom is 0.0960 e. The summed E-state index contributed by atoms with van der Waals surface area (Å²) in [5, 5.41) is 3.47. The third kappa shape index (κ3) is 5.89. The molecule has 1 nitrogen and oxygen atoms in total. The van der Waals surface area contributed by atoms with Gasteiger partial charge in [-0.3, -0.25) is 0 Å². The van der Waals surface area contributed by atoms with Gasteiger partial charge >= 0.3 is 0 Å². The predicted octanol–water partition coefficient (Wildman–Crippen LogP) is 4.67. The van der Waals surface area contributed by atoms with Gasteiger partial charge in [-0.15, -0.1) is 11.3 Å². The molecule has 17 heavy (non-hydrogen) atoms. The molecule has 1 aromatic heterocycles. The molecule has 1 atom stereocenters. The van der Waals surface area contributed by atoms with Gasteiger partial charge in [-0.25, -0.2) is 0 Å². The van der Waals surface area contributed by atoms with Crippen molar-refractivity contribution in [3.05, 3.63) is 20.8 Å². The lowest BCUT2D eigenvalue weighted by molar-refractivity contribution is 0.455. The van der Waals surface area contributed by atoms with Crippen LogP contribution in [0, 0.1) is 12.8 Å². The monoisotopic (exact) mass is 273 g/mol. The second-order valence-electron chi connectivity index (χ2n) is 5.21. The Bertz CT molecular complexity index is 313. The Balaban J connectivity index is 2.21. The van der Waals surface area contributed by atoms with Gasteiger partial charge in [0.15, 0.2) is 0 Å². The predicted molar refractivity (Wildman–Crippen MR) is 79.3 cm³/mol. The van der Waals surface area contributed by atoms with E-state index in [1.165, 1.54) is 29.7 Å². The van der Waals surface area contributed by atoms with Gasteiger partial charge in [0.1, 0.15) is 0 Å². The molecular formula is C14H24ClNS. The van der Waals surface area contributed by atoms with E-state index < -0.39 is 0 Å². The average molecular weight is 274 g/mol. The molecule has 1 unspecified atom stereocenters. The van der Waals surface area contributed by atoms with Crippen molar-refractivity contribution >= 4 is 22.9 Å². The van der Waals surface area contributed by atoms with E-state index in [0.29, 0.717) is 6.04 Å². The van der Waals surface area contributed by atoms with Crippen LogP contribution in [0.3, 0.4) is 0 Å². The van der Waals surface area contributed by atoms with Gasteiger partial charge in [-0.2, -0.15) is 0 Å². The molecule has 0 aliphatic carbocycles. The summed E-state index contributed by atoms with van der Waals surface area (Å²) < 4.78 is 0.953. The van der Waals surface area contributed by atoms with E-state index in [9.17, 15) is 0 Å². The fourth-order valence-electron chi connectivity index (χ4n) is 1.80. The van der Waals surface area contributed by atoms with Crippen LogP contribution in [0.1, 0.15) is 44.1 Å². The summed E-state index contributed by atoms with van der Waals surface area (Å²) in [4.78, 5) is 1.43. The Labute approximate surface area is 115 Å². The zero-order chi connectivity index (χ0) is 12.8. The zero-order valence-electron chi connectivity index (χ0n) is 11.3. The van der Waals surface area contributed by atoms with Gasteiger partial charge in [0.2, 0.25) is 0 Å². The summed E-state index contributed by atoms with van der Waals surface area (Å²) in [6, 6.07) is 2.83. The minimum Gasteiger partial charge on any atom is -0.315 e. The van der Waals surface area contributed by atoms with Gasteiger partial charge in [0, 0.05) is 10.9 Å². The third-order valence-corrected chi connectivity index (χ3v) is 4.60. The van der Waals surface area contributed by atoms with Crippen molar-refractivity contribution in [3.8, 4) is 0 Å². The zero-order valence-corrected chi connectivity index (χ0v) is 12.9.